The van der Waals surface area contributed by atoms with Crippen LogP contribution >= 0.6 is 15.9 Å². The molecule has 0 saturated carbocycles. The number of rotatable bonds is 6. The van der Waals surface area contributed by atoms with E-state index in [-0.39, 0.29) is 6.61 Å². The smallest absolute Gasteiger partial charge is 0.357 e. The summed E-state index contributed by atoms with van der Waals surface area (Å²) >= 11 is 3.27. The maximum atomic E-state index is 11.7. The Labute approximate surface area is 128 Å². The van der Waals surface area contributed by atoms with Crippen LogP contribution in [0.25, 0.3) is 0 Å². The van der Waals surface area contributed by atoms with E-state index in [1.54, 1.807) is 18.3 Å². The van der Waals surface area contributed by atoms with Crippen LogP contribution in [0.15, 0.2) is 46.1 Å². The number of pyridine rings is 1. The summed E-state index contributed by atoms with van der Waals surface area (Å²) in [6.45, 7) is 6.51. The minimum Gasteiger partial charge on any atom is -0.457 e. The van der Waals surface area contributed by atoms with Gasteiger partial charge in [0, 0.05) is 10.7 Å². The molecular formula is C16H20BrNO2. The Balaban J connectivity index is 2.37. The average Bonchev–Trinajstić information content (AvgIpc) is 2.39. The van der Waals surface area contributed by atoms with E-state index in [0.717, 1.165) is 17.3 Å². The first-order chi connectivity index (χ1) is 9.49. The average molecular weight is 338 g/mol. The standard InChI is InChI=1S/C16H20BrNO2/c1-12(2)5-4-6-13(3)9-10-20-16(19)15-8-7-14(17)11-18-15/h5,7-9,11H,4,6,10H2,1-3H3/b13-9+. The molecule has 0 radical (unpaired) electrons. The van der Waals surface area contributed by atoms with E-state index >= 15 is 0 Å². The molecule has 0 bridgehead atoms. The Morgan fingerprint density at radius 2 is 2.05 bits per heavy atom. The van der Waals surface area contributed by atoms with Gasteiger partial charge in [-0.15, -0.1) is 0 Å². The van der Waals surface area contributed by atoms with Crippen molar-refractivity contribution in [1.29, 1.82) is 0 Å². The van der Waals surface area contributed by atoms with Crippen LogP contribution in [-0.2, 0) is 4.74 Å². The first kappa shape index (κ1) is 16.6. The van der Waals surface area contributed by atoms with E-state index in [0.29, 0.717) is 5.69 Å². The largest absolute Gasteiger partial charge is 0.457 e. The lowest BCUT2D eigenvalue weighted by atomic mass is 10.1. The highest BCUT2D eigenvalue weighted by Crippen LogP contribution is 2.09. The predicted octanol–water partition coefficient (Wildman–Crippen LogP) is 4.69. The number of hydrogen-bond donors (Lipinski definition) is 0. The van der Waals surface area contributed by atoms with Gasteiger partial charge in [-0.1, -0.05) is 17.2 Å². The number of hydrogen-bond acceptors (Lipinski definition) is 3. The molecule has 4 heteroatoms. The van der Waals surface area contributed by atoms with Gasteiger partial charge < -0.3 is 4.74 Å². The minimum absolute atomic E-state index is 0.289. The zero-order chi connectivity index (χ0) is 15.0. The number of carbonyl (C=O) groups is 1. The van der Waals surface area contributed by atoms with Crippen molar-refractivity contribution in [2.75, 3.05) is 6.61 Å². The zero-order valence-electron chi connectivity index (χ0n) is 12.1. The summed E-state index contributed by atoms with van der Waals surface area (Å²) in [5.41, 5.74) is 2.87. The third-order valence-electron chi connectivity index (χ3n) is 2.67. The highest BCUT2D eigenvalue weighted by molar-refractivity contribution is 9.10. The van der Waals surface area contributed by atoms with Crippen molar-refractivity contribution in [3.63, 3.8) is 0 Å². The van der Waals surface area contributed by atoms with Gasteiger partial charge in [0.05, 0.1) is 0 Å². The molecule has 20 heavy (non-hydrogen) atoms. The molecule has 1 aromatic heterocycles. The number of carbonyl (C=O) groups excluding carboxylic acids is 1. The fourth-order valence-corrected chi connectivity index (χ4v) is 1.76. The quantitative estimate of drug-likeness (QED) is 0.558. The SMILES string of the molecule is CC(C)=CCC/C(C)=C/COC(=O)c1ccc(Br)cn1. The minimum atomic E-state index is -0.397. The molecule has 0 N–H and O–H groups in total. The van der Waals surface area contributed by atoms with Crippen LogP contribution in [0.4, 0.5) is 0 Å². The third kappa shape index (κ3) is 6.66. The molecule has 0 amide bonds. The zero-order valence-corrected chi connectivity index (χ0v) is 13.7. The Morgan fingerprint density at radius 1 is 1.30 bits per heavy atom. The van der Waals surface area contributed by atoms with E-state index in [2.05, 4.69) is 40.8 Å². The highest BCUT2D eigenvalue weighted by atomic mass is 79.9. The van der Waals surface area contributed by atoms with E-state index in [9.17, 15) is 4.79 Å². The van der Waals surface area contributed by atoms with Crippen LogP contribution in [0, 0.1) is 0 Å². The summed E-state index contributed by atoms with van der Waals surface area (Å²) in [7, 11) is 0. The van der Waals surface area contributed by atoms with Crippen LogP contribution in [0.3, 0.4) is 0 Å². The van der Waals surface area contributed by atoms with Crippen LogP contribution in [-0.4, -0.2) is 17.6 Å². The van der Waals surface area contributed by atoms with Gasteiger partial charge in [-0.2, -0.15) is 0 Å². The number of aromatic nitrogens is 1. The van der Waals surface area contributed by atoms with Crippen LogP contribution in [0.5, 0.6) is 0 Å². The van der Waals surface area contributed by atoms with Gasteiger partial charge in [-0.05, 0) is 67.8 Å². The summed E-state index contributed by atoms with van der Waals surface area (Å²) in [4.78, 5) is 15.7. The van der Waals surface area contributed by atoms with Crippen molar-refractivity contribution < 1.29 is 9.53 Å². The lowest BCUT2D eigenvalue weighted by Gasteiger charge is -2.03. The van der Waals surface area contributed by atoms with Crippen molar-refractivity contribution in [3.8, 4) is 0 Å². The molecule has 3 nitrogen and oxygen atoms in total. The molecule has 1 aromatic rings. The van der Waals surface area contributed by atoms with Crippen molar-refractivity contribution >= 4 is 21.9 Å². The van der Waals surface area contributed by atoms with Crippen molar-refractivity contribution in [1.82, 2.24) is 4.98 Å². The summed E-state index contributed by atoms with van der Waals surface area (Å²) in [6, 6.07) is 3.40. The highest BCUT2D eigenvalue weighted by Gasteiger charge is 2.07. The summed E-state index contributed by atoms with van der Waals surface area (Å²) in [5, 5.41) is 0. The molecule has 0 unspecified atom stereocenters. The monoisotopic (exact) mass is 337 g/mol. The molecule has 0 atom stereocenters. The molecule has 0 aliphatic carbocycles. The van der Waals surface area contributed by atoms with Crippen LogP contribution in [0.2, 0.25) is 0 Å². The molecule has 0 aliphatic rings. The summed E-state index contributed by atoms with van der Waals surface area (Å²) in [5.74, 6) is -0.397. The van der Waals surface area contributed by atoms with Gasteiger partial charge in [-0.25, -0.2) is 9.78 Å². The Morgan fingerprint density at radius 3 is 2.65 bits per heavy atom. The number of ether oxygens (including phenoxy) is 1. The first-order valence-electron chi connectivity index (χ1n) is 6.56. The Kier molecular flexibility index (Phi) is 7.23. The van der Waals surface area contributed by atoms with Gasteiger partial charge in [0.1, 0.15) is 12.3 Å². The molecule has 0 aliphatic heterocycles. The van der Waals surface area contributed by atoms with E-state index in [1.807, 2.05) is 13.0 Å². The van der Waals surface area contributed by atoms with Crippen LogP contribution in [0.1, 0.15) is 44.1 Å². The predicted molar refractivity (Wildman–Crippen MR) is 84.6 cm³/mol. The first-order valence-corrected chi connectivity index (χ1v) is 7.36. The third-order valence-corrected chi connectivity index (χ3v) is 3.14. The van der Waals surface area contributed by atoms with Crippen LogP contribution < -0.4 is 0 Å². The van der Waals surface area contributed by atoms with Gasteiger partial charge in [-0.3, -0.25) is 0 Å². The normalized spacial score (nSPS) is 11.1. The molecule has 0 fully saturated rings. The fraction of sp³-hybridized carbons (Fsp3) is 0.375. The van der Waals surface area contributed by atoms with Crippen molar-refractivity contribution in [2.45, 2.75) is 33.6 Å². The lowest BCUT2D eigenvalue weighted by molar-refractivity contribution is 0.0542. The second-order valence-corrected chi connectivity index (χ2v) is 5.75. The number of nitrogens with zero attached hydrogens (tertiary/aromatic N) is 1. The Bertz CT molecular complexity index is 500. The Hall–Kier alpha value is -1.42. The molecule has 0 spiro atoms. The van der Waals surface area contributed by atoms with E-state index in [4.69, 9.17) is 4.74 Å². The van der Waals surface area contributed by atoms with Gasteiger partial charge in [0.25, 0.3) is 0 Å². The molecule has 1 heterocycles. The maximum Gasteiger partial charge on any atom is 0.357 e. The van der Waals surface area contributed by atoms with E-state index in [1.165, 1.54) is 11.1 Å². The molecule has 1 rings (SSSR count). The fourth-order valence-electron chi connectivity index (χ4n) is 1.52. The molecule has 108 valence electrons. The number of halogens is 1. The topological polar surface area (TPSA) is 39.2 Å². The second kappa shape index (κ2) is 8.69. The molecule has 0 saturated heterocycles. The van der Waals surface area contributed by atoms with E-state index < -0.39 is 5.97 Å². The van der Waals surface area contributed by atoms with Crippen molar-refractivity contribution in [2.24, 2.45) is 0 Å². The number of esters is 1. The van der Waals surface area contributed by atoms with Gasteiger partial charge in [0.15, 0.2) is 0 Å². The molecule has 0 aromatic carbocycles. The maximum absolute atomic E-state index is 11.7. The van der Waals surface area contributed by atoms with Gasteiger partial charge in [0.2, 0.25) is 0 Å². The summed E-state index contributed by atoms with van der Waals surface area (Å²) in [6.07, 6.45) is 7.73. The van der Waals surface area contributed by atoms with Crippen molar-refractivity contribution in [3.05, 3.63) is 51.8 Å². The summed E-state index contributed by atoms with van der Waals surface area (Å²) < 4.78 is 5.99. The second-order valence-electron chi connectivity index (χ2n) is 4.83. The lowest BCUT2D eigenvalue weighted by Crippen LogP contribution is -2.07. The molecular weight excluding hydrogens is 318 g/mol. The van der Waals surface area contributed by atoms with Gasteiger partial charge >= 0.3 is 5.97 Å². The number of allylic oxidation sites excluding steroid dienone is 3.